The number of aryl methyl sites for hydroxylation is 1. The summed E-state index contributed by atoms with van der Waals surface area (Å²) in [4.78, 5) is 16.6. The fourth-order valence-electron chi connectivity index (χ4n) is 2.59. The van der Waals surface area contributed by atoms with Gasteiger partial charge in [0.15, 0.2) is 28.3 Å². The zero-order valence-corrected chi connectivity index (χ0v) is 13.2. The maximum atomic E-state index is 12.5. The molecule has 2 aromatic heterocycles. The summed E-state index contributed by atoms with van der Waals surface area (Å²) in [5.74, 6) is 1.38. The molecule has 1 unspecified atom stereocenters. The monoisotopic (exact) mass is 330 g/mol. The summed E-state index contributed by atoms with van der Waals surface area (Å²) in [7, 11) is 0. The third kappa shape index (κ3) is 2.40. The molecule has 0 saturated heterocycles. The second kappa shape index (κ2) is 5.24. The number of nitrogens with two attached hydrogens (primary N) is 1. The molecule has 0 bridgehead atoms. The Hall–Kier alpha value is -2.61. The number of rotatable bonds is 2. The third-order valence-corrected chi connectivity index (χ3v) is 4.62. The zero-order chi connectivity index (χ0) is 16.0. The van der Waals surface area contributed by atoms with Gasteiger partial charge in [-0.1, -0.05) is 23.5 Å². The van der Waals surface area contributed by atoms with Gasteiger partial charge in [0.1, 0.15) is 6.61 Å². The summed E-state index contributed by atoms with van der Waals surface area (Å²) >= 11 is 1.27. The number of para-hydroxylation sites is 2. The van der Waals surface area contributed by atoms with E-state index < -0.39 is 0 Å². The highest BCUT2D eigenvalue weighted by molar-refractivity contribution is 7.22. The van der Waals surface area contributed by atoms with E-state index in [0.717, 1.165) is 10.4 Å². The molecule has 0 amide bonds. The van der Waals surface area contributed by atoms with Gasteiger partial charge in [0.25, 0.3) is 5.56 Å². The number of nitrogens with zero attached hydrogens (tertiary/aromatic N) is 3. The van der Waals surface area contributed by atoms with E-state index in [1.165, 1.54) is 16.0 Å². The molecule has 7 nitrogen and oxygen atoms in total. The zero-order valence-electron chi connectivity index (χ0n) is 12.4. The van der Waals surface area contributed by atoms with Crippen molar-refractivity contribution in [2.45, 2.75) is 19.6 Å². The number of nitrogen functional groups attached to an aromatic ring is 1. The Bertz CT molecular complexity index is 950. The Morgan fingerprint density at radius 3 is 3.00 bits per heavy atom. The van der Waals surface area contributed by atoms with E-state index in [1.807, 2.05) is 31.2 Å². The van der Waals surface area contributed by atoms with Crippen LogP contribution < -0.4 is 20.8 Å². The predicted molar refractivity (Wildman–Crippen MR) is 87.2 cm³/mol. The lowest BCUT2D eigenvalue weighted by Crippen LogP contribution is -2.37. The SMILES string of the molecule is Cc1nn(CC2COc3ccccc3O2)c(=O)c2nc(N)sc12. The highest BCUT2D eigenvalue weighted by Gasteiger charge is 2.23. The molecule has 3 heterocycles. The summed E-state index contributed by atoms with van der Waals surface area (Å²) in [6.07, 6.45) is -0.289. The number of hydrogen-bond donors (Lipinski definition) is 1. The third-order valence-electron chi connectivity index (χ3n) is 3.62. The summed E-state index contributed by atoms with van der Waals surface area (Å²) in [6.45, 7) is 2.49. The van der Waals surface area contributed by atoms with Crippen molar-refractivity contribution in [1.29, 1.82) is 0 Å². The van der Waals surface area contributed by atoms with Crippen LogP contribution in [0.15, 0.2) is 29.1 Å². The molecular weight excluding hydrogens is 316 g/mol. The molecule has 23 heavy (non-hydrogen) atoms. The first-order valence-electron chi connectivity index (χ1n) is 7.14. The van der Waals surface area contributed by atoms with Gasteiger partial charge in [0.05, 0.1) is 16.9 Å². The van der Waals surface area contributed by atoms with E-state index in [4.69, 9.17) is 15.2 Å². The molecule has 0 fully saturated rings. The predicted octanol–water partition coefficient (Wildman–Crippen LogP) is 1.58. The normalized spacial score (nSPS) is 16.7. The Kier molecular flexibility index (Phi) is 3.19. The van der Waals surface area contributed by atoms with Gasteiger partial charge in [-0.05, 0) is 19.1 Å². The fraction of sp³-hybridized carbons (Fsp3) is 0.267. The first kappa shape index (κ1) is 14.0. The van der Waals surface area contributed by atoms with Crippen LogP contribution in [0.1, 0.15) is 5.69 Å². The molecule has 0 saturated carbocycles. The van der Waals surface area contributed by atoms with E-state index in [0.29, 0.717) is 35.3 Å². The molecular formula is C15H14N4O3S. The Morgan fingerprint density at radius 2 is 2.17 bits per heavy atom. The maximum absolute atomic E-state index is 12.5. The summed E-state index contributed by atoms with van der Waals surface area (Å²) < 4.78 is 13.7. The molecule has 0 spiro atoms. The number of thiazole rings is 1. The summed E-state index contributed by atoms with van der Waals surface area (Å²) in [5, 5.41) is 4.71. The van der Waals surface area contributed by atoms with Crippen LogP contribution in [-0.2, 0) is 6.54 Å². The van der Waals surface area contributed by atoms with Crippen molar-refractivity contribution >= 4 is 26.7 Å². The highest BCUT2D eigenvalue weighted by Crippen LogP contribution is 2.31. The lowest BCUT2D eigenvalue weighted by atomic mass is 10.2. The maximum Gasteiger partial charge on any atom is 0.294 e. The molecule has 4 rings (SSSR count). The molecule has 8 heteroatoms. The molecule has 1 aliphatic rings. The highest BCUT2D eigenvalue weighted by atomic mass is 32.1. The number of fused-ring (bicyclic) bond motifs is 2. The van der Waals surface area contributed by atoms with Crippen molar-refractivity contribution in [3.63, 3.8) is 0 Å². The van der Waals surface area contributed by atoms with Crippen molar-refractivity contribution < 1.29 is 9.47 Å². The van der Waals surface area contributed by atoms with Gasteiger partial charge in [-0.25, -0.2) is 9.67 Å². The van der Waals surface area contributed by atoms with Gasteiger partial charge in [0.2, 0.25) is 0 Å². The van der Waals surface area contributed by atoms with E-state index >= 15 is 0 Å². The second-order valence-electron chi connectivity index (χ2n) is 5.30. The van der Waals surface area contributed by atoms with E-state index in [2.05, 4.69) is 10.1 Å². The summed E-state index contributed by atoms with van der Waals surface area (Å²) in [5.41, 5.74) is 6.53. The molecule has 1 aromatic carbocycles. The van der Waals surface area contributed by atoms with Gasteiger partial charge in [-0.2, -0.15) is 5.10 Å². The topological polar surface area (TPSA) is 92.3 Å². The van der Waals surface area contributed by atoms with E-state index in [9.17, 15) is 4.79 Å². The van der Waals surface area contributed by atoms with Gasteiger partial charge in [-0.3, -0.25) is 4.79 Å². The molecule has 3 aromatic rings. The minimum Gasteiger partial charge on any atom is -0.486 e. The molecule has 1 atom stereocenters. The van der Waals surface area contributed by atoms with Crippen LogP contribution in [0.25, 0.3) is 10.2 Å². The van der Waals surface area contributed by atoms with Crippen LogP contribution in [0, 0.1) is 6.92 Å². The van der Waals surface area contributed by atoms with Crippen LogP contribution in [0.2, 0.25) is 0 Å². The molecule has 0 radical (unpaired) electrons. The summed E-state index contributed by atoms with van der Waals surface area (Å²) in [6, 6.07) is 7.46. The van der Waals surface area contributed by atoms with Crippen LogP contribution in [0.5, 0.6) is 11.5 Å². The van der Waals surface area contributed by atoms with Gasteiger partial charge in [0, 0.05) is 0 Å². The number of ether oxygens (including phenoxy) is 2. The van der Waals surface area contributed by atoms with Crippen LogP contribution in [-0.4, -0.2) is 27.5 Å². The van der Waals surface area contributed by atoms with Crippen molar-refractivity contribution in [3.05, 3.63) is 40.3 Å². The van der Waals surface area contributed by atoms with E-state index in [1.54, 1.807) is 0 Å². The number of aromatic nitrogens is 3. The van der Waals surface area contributed by atoms with E-state index in [-0.39, 0.29) is 11.7 Å². The van der Waals surface area contributed by atoms with Gasteiger partial charge >= 0.3 is 0 Å². The molecule has 0 aliphatic carbocycles. The minimum absolute atomic E-state index is 0.263. The minimum atomic E-state index is -0.289. The first-order valence-corrected chi connectivity index (χ1v) is 7.95. The molecule has 118 valence electrons. The van der Waals surface area contributed by atoms with Crippen molar-refractivity contribution in [1.82, 2.24) is 14.8 Å². The lowest BCUT2D eigenvalue weighted by molar-refractivity contribution is 0.0748. The second-order valence-corrected chi connectivity index (χ2v) is 6.33. The quantitative estimate of drug-likeness (QED) is 0.767. The standard InChI is InChI=1S/C15H14N4O3S/c1-8-13-12(17-15(16)23-13)14(20)19(18-8)6-9-7-21-10-4-2-3-5-11(10)22-9/h2-5,9H,6-7H2,1H3,(H2,16,17). The van der Waals surface area contributed by atoms with Crippen molar-refractivity contribution in [2.75, 3.05) is 12.3 Å². The van der Waals surface area contributed by atoms with Crippen LogP contribution in [0.3, 0.4) is 0 Å². The van der Waals surface area contributed by atoms with Gasteiger partial charge in [-0.15, -0.1) is 0 Å². The average Bonchev–Trinajstić information content (AvgIpc) is 2.95. The Morgan fingerprint density at radius 1 is 1.39 bits per heavy atom. The largest absolute Gasteiger partial charge is 0.486 e. The van der Waals surface area contributed by atoms with Crippen LogP contribution in [0.4, 0.5) is 5.13 Å². The molecule has 2 N–H and O–H groups in total. The lowest BCUT2D eigenvalue weighted by Gasteiger charge is -2.26. The Balaban J connectivity index is 1.66. The van der Waals surface area contributed by atoms with Crippen LogP contribution >= 0.6 is 11.3 Å². The number of benzene rings is 1. The Labute approximate surface area is 135 Å². The molecule has 1 aliphatic heterocycles. The van der Waals surface area contributed by atoms with Gasteiger partial charge < -0.3 is 15.2 Å². The average molecular weight is 330 g/mol. The smallest absolute Gasteiger partial charge is 0.294 e. The first-order chi connectivity index (χ1) is 11.1. The number of hydrogen-bond acceptors (Lipinski definition) is 7. The fourth-order valence-corrected chi connectivity index (χ4v) is 3.35. The number of anilines is 1. The van der Waals surface area contributed by atoms with Crippen molar-refractivity contribution in [2.24, 2.45) is 0 Å². The van der Waals surface area contributed by atoms with Crippen molar-refractivity contribution in [3.8, 4) is 11.5 Å².